The summed E-state index contributed by atoms with van der Waals surface area (Å²) in [5, 5.41) is 3.49. The zero-order valence-corrected chi connectivity index (χ0v) is 13.4. The van der Waals surface area contributed by atoms with E-state index in [1.165, 1.54) is 6.42 Å². The van der Waals surface area contributed by atoms with Gasteiger partial charge < -0.3 is 10.1 Å². The minimum absolute atomic E-state index is 0.0453. The van der Waals surface area contributed by atoms with Crippen LogP contribution in [0.4, 0.5) is 0 Å². The monoisotopic (exact) mass is 282 g/mol. The third kappa shape index (κ3) is 3.17. The highest BCUT2D eigenvalue weighted by atomic mass is 16.5. The first-order valence-corrected chi connectivity index (χ1v) is 8.19. The van der Waals surface area contributed by atoms with Gasteiger partial charge in [0.25, 0.3) is 0 Å². The van der Waals surface area contributed by atoms with Crippen LogP contribution < -0.4 is 5.32 Å². The van der Waals surface area contributed by atoms with Gasteiger partial charge in [0, 0.05) is 19.1 Å². The molecule has 0 amide bonds. The van der Waals surface area contributed by atoms with E-state index in [0.717, 1.165) is 38.4 Å². The number of likely N-dealkylation sites (tertiary alicyclic amines) is 1. The third-order valence-corrected chi connectivity index (χ3v) is 4.77. The number of carbonyl (C=O) groups is 1. The van der Waals surface area contributed by atoms with E-state index in [1.54, 1.807) is 0 Å². The van der Waals surface area contributed by atoms with Crippen molar-refractivity contribution in [2.24, 2.45) is 11.8 Å². The van der Waals surface area contributed by atoms with Gasteiger partial charge >= 0.3 is 5.97 Å². The fraction of sp³-hybridized carbons (Fsp3) is 0.938. The molecule has 116 valence electrons. The summed E-state index contributed by atoms with van der Waals surface area (Å²) in [6.45, 7) is 11.7. The second-order valence-corrected chi connectivity index (χ2v) is 6.62. The number of hydrogen-bond donors (Lipinski definition) is 1. The van der Waals surface area contributed by atoms with Crippen LogP contribution in [0.5, 0.6) is 0 Å². The van der Waals surface area contributed by atoms with Crippen LogP contribution in [0.25, 0.3) is 0 Å². The maximum atomic E-state index is 12.6. The van der Waals surface area contributed by atoms with Gasteiger partial charge in [0.1, 0.15) is 5.54 Å². The van der Waals surface area contributed by atoms with Gasteiger partial charge in [0.15, 0.2) is 0 Å². The number of nitrogens with zero attached hydrogens (tertiary/aromatic N) is 1. The smallest absolute Gasteiger partial charge is 0.327 e. The topological polar surface area (TPSA) is 41.6 Å². The van der Waals surface area contributed by atoms with Crippen molar-refractivity contribution < 1.29 is 9.53 Å². The predicted octanol–water partition coefficient (Wildman–Crippen LogP) is 2.04. The molecule has 1 saturated heterocycles. The molecule has 1 aliphatic carbocycles. The van der Waals surface area contributed by atoms with E-state index in [4.69, 9.17) is 4.74 Å². The molecule has 0 bridgehead atoms. The molecule has 2 rings (SSSR count). The normalized spacial score (nSPS) is 30.2. The van der Waals surface area contributed by atoms with E-state index in [9.17, 15) is 4.79 Å². The van der Waals surface area contributed by atoms with Crippen molar-refractivity contribution >= 4 is 5.97 Å². The zero-order valence-electron chi connectivity index (χ0n) is 13.4. The van der Waals surface area contributed by atoms with Crippen molar-refractivity contribution in [2.75, 3.05) is 26.2 Å². The summed E-state index contributed by atoms with van der Waals surface area (Å²) in [7, 11) is 0. The van der Waals surface area contributed by atoms with Crippen LogP contribution >= 0.6 is 0 Å². The fourth-order valence-electron chi connectivity index (χ4n) is 3.71. The molecule has 0 aromatic heterocycles. The Hall–Kier alpha value is -0.610. The summed E-state index contributed by atoms with van der Waals surface area (Å²) in [6, 6.07) is 0.566. The van der Waals surface area contributed by atoms with Crippen molar-refractivity contribution in [3.05, 3.63) is 0 Å². The lowest BCUT2D eigenvalue weighted by Gasteiger charge is -2.37. The molecular weight excluding hydrogens is 252 g/mol. The molecule has 2 fully saturated rings. The number of likely N-dealkylation sites (N-methyl/N-ethyl adjacent to an activating group) is 1. The maximum Gasteiger partial charge on any atom is 0.327 e. The standard InChI is InChI=1S/C16H30N2O2/c1-5-17-16(14-7-8-14,15(19)20-6-2)11-18-10-12(3)9-13(18)4/h12-14,17H,5-11H2,1-4H3. The molecule has 1 aliphatic heterocycles. The van der Waals surface area contributed by atoms with E-state index >= 15 is 0 Å². The van der Waals surface area contributed by atoms with Crippen LogP contribution in [0.2, 0.25) is 0 Å². The lowest BCUT2D eigenvalue weighted by Crippen LogP contribution is -2.61. The molecule has 1 saturated carbocycles. The highest BCUT2D eigenvalue weighted by molar-refractivity contribution is 5.82. The first-order chi connectivity index (χ1) is 9.53. The van der Waals surface area contributed by atoms with Gasteiger partial charge in [-0.15, -0.1) is 0 Å². The first-order valence-electron chi connectivity index (χ1n) is 8.19. The third-order valence-electron chi connectivity index (χ3n) is 4.77. The Morgan fingerprint density at radius 3 is 2.50 bits per heavy atom. The average Bonchev–Trinajstić information content (AvgIpc) is 3.17. The van der Waals surface area contributed by atoms with Gasteiger partial charge in [0.2, 0.25) is 0 Å². The highest BCUT2D eigenvalue weighted by Gasteiger charge is 2.53. The van der Waals surface area contributed by atoms with E-state index in [-0.39, 0.29) is 5.97 Å². The van der Waals surface area contributed by atoms with Crippen LogP contribution in [-0.2, 0) is 9.53 Å². The lowest BCUT2D eigenvalue weighted by atomic mass is 9.91. The summed E-state index contributed by atoms with van der Waals surface area (Å²) in [5.41, 5.74) is -0.483. The number of ether oxygens (including phenoxy) is 1. The number of carbonyl (C=O) groups excluding carboxylic acids is 1. The van der Waals surface area contributed by atoms with Gasteiger partial charge in [-0.3, -0.25) is 4.90 Å². The van der Waals surface area contributed by atoms with Gasteiger partial charge in [-0.25, -0.2) is 4.79 Å². The first kappa shape index (κ1) is 15.8. The zero-order chi connectivity index (χ0) is 14.8. The van der Waals surface area contributed by atoms with Crippen LogP contribution in [0.3, 0.4) is 0 Å². The van der Waals surface area contributed by atoms with Gasteiger partial charge in [-0.1, -0.05) is 13.8 Å². The number of hydrogen-bond acceptors (Lipinski definition) is 4. The molecule has 2 aliphatic rings. The summed E-state index contributed by atoms with van der Waals surface area (Å²) >= 11 is 0. The van der Waals surface area contributed by atoms with E-state index in [1.807, 2.05) is 6.92 Å². The molecule has 0 radical (unpaired) electrons. The summed E-state index contributed by atoms with van der Waals surface area (Å²) in [6.07, 6.45) is 3.52. The van der Waals surface area contributed by atoms with Crippen molar-refractivity contribution in [3.8, 4) is 0 Å². The Kier molecular flexibility index (Phi) is 5.08. The SMILES string of the molecule is CCNC(CN1CC(C)CC1C)(C(=O)OCC)C1CC1. The summed E-state index contributed by atoms with van der Waals surface area (Å²) in [4.78, 5) is 15.1. The molecule has 0 aromatic carbocycles. The second kappa shape index (κ2) is 6.44. The Labute approximate surface area is 123 Å². The largest absolute Gasteiger partial charge is 0.465 e. The van der Waals surface area contributed by atoms with Gasteiger partial charge in [-0.2, -0.15) is 0 Å². The van der Waals surface area contributed by atoms with Crippen LogP contribution in [-0.4, -0.2) is 48.7 Å². The lowest BCUT2D eigenvalue weighted by molar-refractivity contribution is -0.153. The fourth-order valence-corrected chi connectivity index (χ4v) is 3.71. The average molecular weight is 282 g/mol. The van der Waals surface area contributed by atoms with E-state index < -0.39 is 5.54 Å². The molecule has 1 N–H and O–H groups in total. The van der Waals surface area contributed by atoms with Crippen LogP contribution in [0.15, 0.2) is 0 Å². The maximum absolute atomic E-state index is 12.6. The number of nitrogens with one attached hydrogen (secondary N) is 1. The summed E-state index contributed by atoms with van der Waals surface area (Å²) in [5.74, 6) is 1.13. The van der Waals surface area contributed by atoms with Crippen molar-refractivity contribution in [3.63, 3.8) is 0 Å². The van der Waals surface area contributed by atoms with Gasteiger partial charge in [-0.05, 0) is 51.5 Å². The minimum Gasteiger partial charge on any atom is -0.465 e. The van der Waals surface area contributed by atoms with Crippen molar-refractivity contribution in [1.82, 2.24) is 10.2 Å². The minimum atomic E-state index is -0.483. The molecule has 3 unspecified atom stereocenters. The summed E-state index contributed by atoms with van der Waals surface area (Å²) < 4.78 is 5.41. The Bertz CT molecular complexity index is 343. The van der Waals surface area contributed by atoms with Crippen LogP contribution in [0.1, 0.15) is 47.0 Å². The molecule has 20 heavy (non-hydrogen) atoms. The molecule has 0 aromatic rings. The molecule has 4 nitrogen and oxygen atoms in total. The van der Waals surface area contributed by atoms with E-state index in [0.29, 0.717) is 18.6 Å². The quantitative estimate of drug-likeness (QED) is 0.726. The number of rotatable bonds is 7. The Morgan fingerprint density at radius 2 is 2.05 bits per heavy atom. The predicted molar refractivity (Wildman–Crippen MR) is 80.6 cm³/mol. The van der Waals surface area contributed by atoms with E-state index in [2.05, 4.69) is 31.0 Å². The van der Waals surface area contributed by atoms with Crippen molar-refractivity contribution in [2.45, 2.75) is 58.5 Å². The molecule has 0 spiro atoms. The molecular formula is C16H30N2O2. The number of esters is 1. The molecule has 3 atom stereocenters. The Balaban J connectivity index is 2.14. The second-order valence-electron chi connectivity index (χ2n) is 6.62. The highest BCUT2D eigenvalue weighted by Crippen LogP contribution is 2.42. The van der Waals surface area contributed by atoms with Gasteiger partial charge in [0.05, 0.1) is 6.61 Å². The Morgan fingerprint density at radius 1 is 1.35 bits per heavy atom. The molecule has 4 heteroatoms. The molecule has 1 heterocycles. The van der Waals surface area contributed by atoms with Crippen LogP contribution in [0, 0.1) is 11.8 Å². The van der Waals surface area contributed by atoms with Crippen molar-refractivity contribution in [1.29, 1.82) is 0 Å².